The number of alkyl halides is 1. The number of aromatic amines is 1. The maximum Gasteiger partial charge on any atom is 0.244 e. The molecule has 0 aromatic carbocycles. The van der Waals surface area contributed by atoms with Gasteiger partial charge in [-0.25, -0.2) is 13.1 Å². The average molecular weight is 310 g/mol. The lowest BCUT2D eigenvalue weighted by atomic mass is 10.2. The smallest absolute Gasteiger partial charge is 0.244 e. The van der Waals surface area contributed by atoms with Gasteiger partial charge < -0.3 is 0 Å². The minimum absolute atomic E-state index is 0.252. The van der Waals surface area contributed by atoms with Gasteiger partial charge in [0.05, 0.1) is 11.4 Å². The zero-order valence-corrected chi connectivity index (χ0v) is 11.9. The van der Waals surface area contributed by atoms with Gasteiger partial charge in [-0.15, -0.1) is 0 Å². The van der Waals surface area contributed by atoms with Crippen molar-refractivity contribution in [2.75, 3.05) is 11.9 Å². The summed E-state index contributed by atoms with van der Waals surface area (Å²) in [6.07, 6.45) is 0. The van der Waals surface area contributed by atoms with Crippen LogP contribution in [-0.4, -0.2) is 30.5 Å². The van der Waals surface area contributed by atoms with Gasteiger partial charge in [-0.3, -0.25) is 5.10 Å². The maximum atomic E-state index is 12.0. The highest BCUT2D eigenvalue weighted by Crippen LogP contribution is 2.16. The minimum Gasteiger partial charge on any atom is -0.281 e. The number of hydrogen-bond donors (Lipinski definition) is 2. The van der Waals surface area contributed by atoms with Crippen molar-refractivity contribution in [2.24, 2.45) is 5.92 Å². The molecule has 0 aliphatic heterocycles. The zero-order valence-electron chi connectivity index (χ0n) is 9.54. The maximum absolute atomic E-state index is 12.0. The van der Waals surface area contributed by atoms with Crippen molar-refractivity contribution in [3.05, 3.63) is 11.4 Å². The van der Waals surface area contributed by atoms with Crippen LogP contribution in [0.1, 0.15) is 18.3 Å². The fourth-order valence-corrected chi connectivity index (χ4v) is 3.08. The van der Waals surface area contributed by atoms with Crippen molar-refractivity contribution >= 4 is 26.0 Å². The molecule has 92 valence electrons. The standard InChI is InChI=1S/C9H16BrN3O2S/c1-6(4-10)5-11-16(14,15)9-7(2)12-13-8(9)3/h6,11H,4-5H2,1-3H3,(H,12,13). The molecule has 0 fully saturated rings. The lowest BCUT2D eigenvalue weighted by molar-refractivity contribution is 0.562. The van der Waals surface area contributed by atoms with E-state index in [1.54, 1.807) is 13.8 Å². The van der Waals surface area contributed by atoms with Crippen LogP contribution >= 0.6 is 15.9 Å². The first-order valence-corrected chi connectivity index (χ1v) is 7.56. The monoisotopic (exact) mass is 309 g/mol. The molecule has 0 bridgehead atoms. The van der Waals surface area contributed by atoms with E-state index in [1.165, 1.54) is 0 Å². The molecule has 0 aliphatic rings. The highest BCUT2D eigenvalue weighted by atomic mass is 79.9. The molecule has 0 radical (unpaired) electrons. The van der Waals surface area contributed by atoms with Gasteiger partial charge in [0, 0.05) is 11.9 Å². The largest absolute Gasteiger partial charge is 0.281 e. The summed E-state index contributed by atoms with van der Waals surface area (Å²) in [6, 6.07) is 0. The Morgan fingerprint density at radius 1 is 1.50 bits per heavy atom. The van der Waals surface area contributed by atoms with Crippen LogP contribution < -0.4 is 4.72 Å². The van der Waals surface area contributed by atoms with Crippen LogP contribution in [0.5, 0.6) is 0 Å². The minimum atomic E-state index is -3.45. The van der Waals surface area contributed by atoms with Gasteiger partial charge in [0.2, 0.25) is 10.0 Å². The van der Waals surface area contributed by atoms with E-state index < -0.39 is 10.0 Å². The zero-order chi connectivity index (χ0) is 12.3. The van der Waals surface area contributed by atoms with E-state index in [4.69, 9.17) is 0 Å². The number of aromatic nitrogens is 2. The average Bonchev–Trinajstić information content (AvgIpc) is 2.55. The molecule has 0 aliphatic carbocycles. The van der Waals surface area contributed by atoms with Crippen molar-refractivity contribution in [1.29, 1.82) is 0 Å². The SMILES string of the molecule is Cc1n[nH]c(C)c1S(=O)(=O)NCC(C)CBr. The predicted octanol–water partition coefficient (Wildman–Crippen LogP) is 1.34. The molecule has 1 heterocycles. The normalized spacial score (nSPS) is 14.0. The molecular weight excluding hydrogens is 294 g/mol. The lowest BCUT2D eigenvalue weighted by Gasteiger charge is -2.10. The van der Waals surface area contributed by atoms with E-state index in [-0.39, 0.29) is 10.8 Å². The summed E-state index contributed by atoms with van der Waals surface area (Å²) in [4.78, 5) is 0.259. The second-order valence-electron chi connectivity index (χ2n) is 3.87. The van der Waals surface area contributed by atoms with Crippen LogP contribution in [0, 0.1) is 19.8 Å². The van der Waals surface area contributed by atoms with Crippen molar-refractivity contribution in [3.8, 4) is 0 Å². The first-order valence-electron chi connectivity index (χ1n) is 4.95. The number of rotatable bonds is 5. The van der Waals surface area contributed by atoms with Gasteiger partial charge in [0.25, 0.3) is 0 Å². The third-order valence-corrected chi connectivity index (χ3v) is 5.01. The first-order chi connectivity index (χ1) is 7.38. The summed E-state index contributed by atoms with van der Waals surface area (Å²) < 4.78 is 26.5. The molecule has 1 atom stereocenters. The predicted molar refractivity (Wildman–Crippen MR) is 66.2 cm³/mol. The van der Waals surface area contributed by atoms with E-state index in [0.717, 1.165) is 5.33 Å². The Morgan fingerprint density at radius 2 is 2.12 bits per heavy atom. The Hall–Kier alpha value is -0.400. The second kappa shape index (κ2) is 5.29. The molecule has 0 saturated heterocycles. The molecule has 2 N–H and O–H groups in total. The molecule has 7 heteroatoms. The van der Waals surface area contributed by atoms with Crippen LogP contribution in [0.25, 0.3) is 0 Å². The second-order valence-corrected chi connectivity index (χ2v) is 6.23. The van der Waals surface area contributed by atoms with Crippen molar-refractivity contribution in [3.63, 3.8) is 0 Å². The summed E-state index contributed by atoms with van der Waals surface area (Å²) in [5, 5.41) is 7.31. The Labute approximate surface area is 104 Å². The summed E-state index contributed by atoms with van der Waals surface area (Å²) in [6.45, 7) is 5.75. The molecule has 16 heavy (non-hydrogen) atoms. The van der Waals surface area contributed by atoms with Gasteiger partial charge in [-0.2, -0.15) is 5.10 Å². The summed E-state index contributed by atoms with van der Waals surface area (Å²) in [5.41, 5.74) is 1.06. The number of halogens is 1. The number of aryl methyl sites for hydroxylation is 2. The van der Waals surface area contributed by atoms with Crippen molar-refractivity contribution in [1.82, 2.24) is 14.9 Å². The topological polar surface area (TPSA) is 74.8 Å². The van der Waals surface area contributed by atoms with Gasteiger partial charge in [0.15, 0.2) is 0 Å². The molecule has 1 unspecified atom stereocenters. The Morgan fingerprint density at radius 3 is 2.56 bits per heavy atom. The lowest BCUT2D eigenvalue weighted by Crippen LogP contribution is -2.29. The quantitative estimate of drug-likeness (QED) is 0.806. The van der Waals surface area contributed by atoms with Crippen LogP contribution in [0.15, 0.2) is 4.90 Å². The van der Waals surface area contributed by atoms with E-state index in [1.807, 2.05) is 6.92 Å². The third kappa shape index (κ3) is 3.05. The van der Waals surface area contributed by atoms with E-state index in [9.17, 15) is 8.42 Å². The Balaban J connectivity index is 2.87. The molecule has 0 spiro atoms. The summed E-state index contributed by atoms with van der Waals surface area (Å²) in [7, 11) is -3.45. The molecule has 0 amide bonds. The van der Waals surface area contributed by atoms with Crippen molar-refractivity contribution < 1.29 is 8.42 Å². The van der Waals surface area contributed by atoms with Gasteiger partial charge in [-0.05, 0) is 19.8 Å². The number of sulfonamides is 1. The fraction of sp³-hybridized carbons (Fsp3) is 0.667. The molecule has 1 aromatic rings. The van der Waals surface area contributed by atoms with E-state index >= 15 is 0 Å². The highest BCUT2D eigenvalue weighted by Gasteiger charge is 2.22. The molecule has 1 aromatic heterocycles. The summed E-state index contributed by atoms with van der Waals surface area (Å²) >= 11 is 3.31. The first kappa shape index (κ1) is 13.7. The number of nitrogens with zero attached hydrogens (tertiary/aromatic N) is 1. The molecule has 1 rings (SSSR count). The van der Waals surface area contributed by atoms with Crippen molar-refractivity contribution in [2.45, 2.75) is 25.7 Å². The number of hydrogen-bond acceptors (Lipinski definition) is 3. The van der Waals surface area contributed by atoms with Crippen LogP contribution in [0.3, 0.4) is 0 Å². The van der Waals surface area contributed by atoms with Gasteiger partial charge >= 0.3 is 0 Å². The fourth-order valence-electron chi connectivity index (χ4n) is 1.32. The van der Waals surface area contributed by atoms with Gasteiger partial charge in [-0.1, -0.05) is 22.9 Å². The Bertz CT molecular complexity index is 436. The number of H-pyrrole nitrogens is 1. The molecular formula is C9H16BrN3O2S. The Kier molecular flexibility index (Phi) is 4.52. The summed E-state index contributed by atoms with van der Waals surface area (Å²) in [5.74, 6) is 0.252. The van der Waals surface area contributed by atoms with E-state index in [2.05, 4.69) is 30.8 Å². The number of nitrogens with one attached hydrogen (secondary N) is 2. The van der Waals surface area contributed by atoms with Gasteiger partial charge in [0.1, 0.15) is 4.90 Å². The molecule has 5 nitrogen and oxygen atoms in total. The highest BCUT2D eigenvalue weighted by molar-refractivity contribution is 9.09. The molecule has 0 saturated carbocycles. The van der Waals surface area contributed by atoms with E-state index in [0.29, 0.717) is 17.9 Å². The van der Waals surface area contributed by atoms with Crippen LogP contribution in [0.4, 0.5) is 0 Å². The van der Waals surface area contributed by atoms with Crippen LogP contribution in [0.2, 0.25) is 0 Å². The van der Waals surface area contributed by atoms with Crippen LogP contribution in [-0.2, 0) is 10.0 Å². The third-order valence-electron chi connectivity index (χ3n) is 2.21.